The van der Waals surface area contributed by atoms with E-state index in [-0.39, 0.29) is 5.75 Å². The van der Waals surface area contributed by atoms with Crippen LogP contribution >= 0.6 is 0 Å². The van der Waals surface area contributed by atoms with Crippen molar-refractivity contribution in [3.63, 3.8) is 0 Å². The molecule has 72 valence electrons. The van der Waals surface area contributed by atoms with E-state index in [2.05, 4.69) is 0 Å². The van der Waals surface area contributed by atoms with Crippen molar-refractivity contribution >= 4 is 0 Å². The lowest BCUT2D eigenvalue weighted by molar-refractivity contribution is 0.194. The number of aliphatic hydroxyl groups is 1. The lowest BCUT2D eigenvalue weighted by Gasteiger charge is -2.09. The van der Waals surface area contributed by atoms with E-state index < -0.39 is 6.10 Å². The molecule has 0 saturated carbocycles. The molecule has 1 unspecified atom stereocenters. The highest BCUT2D eigenvalue weighted by Crippen LogP contribution is 2.22. The summed E-state index contributed by atoms with van der Waals surface area (Å²) in [7, 11) is 0. The summed E-state index contributed by atoms with van der Waals surface area (Å²) in [5, 5.41) is 18.7. The van der Waals surface area contributed by atoms with Gasteiger partial charge in [0.05, 0.1) is 6.10 Å². The fourth-order valence-electron chi connectivity index (χ4n) is 1.34. The fraction of sp³-hybridized carbons (Fsp3) is 0.455. The van der Waals surface area contributed by atoms with E-state index in [0.717, 1.165) is 16.7 Å². The molecule has 0 radical (unpaired) electrons. The number of hydrogen-bond donors (Lipinski definition) is 2. The quantitative estimate of drug-likeness (QED) is 0.730. The monoisotopic (exact) mass is 180 g/mol. The van der Waals surface area contributed by atoms with Crippen LogP contribution in [0, 0.1) is 13.8 Å². The van der Waals surface area contributed by atoms with E-state index in [4.69, 9.17) is 0 Å². The number of phenols is 1. The Bertz CT molecular complexity index is 303. The van der Waals surface area contributed by atoms with Crippen LogP contribution in [0.1, 0.15) is 23.6 Å². The first-order valence-corrected chi connectivity index (χ1v) is 4.48. The maximum atomic E-state index is 9.55. The number of rotatable bonds is 2. The smallest absolute Gasteiger partial charge is 0.119 e. The molecule has 1 aromatic rings. The SMILES string of the molecule is Cc1cc(O)c(CC(C)O)cc1C. The number of aromatic hydroxyl groups is 1. The normalized spacial score (nSPS) is 12.9. The van der Waals surface area contributed by atoms with E-state index in [1.165, 1.54) is 0 Å². The second-order valence-corrected chi connectivity index (χ2v) is 3.62. The summed E-state index contributed by atoms with van der Waals surface area (Å²) >= 11 is 0. The van der Waals surface area contributed by atoms with E-state index >= 15 is 0 Å². The minimum Gasteiger partial charge on any atom is -0.508 e. The van der Waals surface area contributed by atoms with Crippen LogP contribution in [0.5, 0.6) is 5.75 Å². The molecule has 0 spiro atoms. The zero-order valence-electron chi connectivity index (χ0n) is 8.33. The number of benzene rings is 1. The Morgan fingerprint density at radius 3 is 2.31 bits per heavy atom. The van der Waals surface area contributed by atoms with Crippen LogP contribution in [0.2, 0.25) is 0 Å². The van der Waals surface area contributed by atoms with E-state index in [1.807, 2.05) is 19.9 Å². The second-order valence-electron chi connectivity index (χ2n) is 3.62. The Morgan fingerprint density at radius 2 is 1.77 bits per heavy atom. The molecule has 0 fully saturated rings. The van der Waals surface area contributed by atoms with Crippen molar-refractivity contribution in [1.82, 2.24) is 0 Å². The van der Waals surface area contributed by atoms with Crippen molar-refractivity contribution < 1.29 is 10.2 Å². The van der Waals surface area contributed by atoms with Gasteiger partial charge in [-0.2, -0.15) is 0 Å². The molecular weight excluding hydrogens is 164 g/mol. The third-order valence-electron chi connectivity index (χ3n) is 2.21. The average molecular weight is 180 g/mol. The lowest BCUT2D eigenvalue weighted by Crippen LogP contribution is -2.04. The zero-order valence-corrected chi connectivity index (χ0v) is 8.33. The summed E-state index contributed by atoms with van der Waals surface area (Å²) in [5.74, 6) is 0.281. The van der Waals surface area contributed by atoms with Gasteiger partial charge in [0, 0.05) is 6.42 Å². The van der Waals surface area contributed by atoms with Gasteiger partial charge in [-0.25, -0.2) is 0 Å². The summed E-state index contributed by atoms with van der Waals surface area (Å²) in [6, 6.07) is 3.67. The molecule has 0 saturated heterocycles. The first-order valence-electron chi connectivity index (χ1n) is 4.48. The van der Waals surface area contributed by atoms with Crippen LogP contribution in [0.4, 0.5) is 0 Å². The van der Waals surface area contributed by atoms with Gasteiger partial charge >= 0.3 is 0 Å². The Balaban J connectivity index is 3.01. The second kappa shape index (κ2) is 3.79. The van der Waals surface area contributed by atoms with Crippen LogP contribution in [0.25, 0.3) is 0 Å². The Kier molecular flexibility index (Phi) is 2.94. The predicted octanol–water partition coefficient (Wildman–Crippen LogP) is 1.93. The molecule has 1 rings (SSSR count). The summed E-state index contributed by atoms with van der Waals surface area (Å²) in [4.78, 5) is 0. The van der Waals surface area contributed by atoms with Gasteiger partial charge in [0.2, 0.25) is 0 Å². The van der Waals surface area contributed by atoms with Crippen LogP contribution in [0.3, 0.4) is 0 Å². The lowest BCUT2D eigenvalue weighted by atomic mass is 10.0. The maximum Gasteiger partial charge on any atom is 0.119 e. The summed E-state index contributed by atoms with van der Waals surface area (Å²) < 4.78 is 0. The number of aryl methyl sites for hydroxylation is 2. The molecule has 0 aromatic heterocycles. The Morgan fingerprint density at radius 1 is 1.23 bits per heavy atom. The van der Waals surface area contributed by atoms with Crippen LogP contribution < -0.4 is 0 Å². The molecule has 2 N–H and O–H groups in total. The van der Waals surface area contributed by atoms with E-state index in [9.17, 15) is 10.2 Å². The first kappa shape index (κ1) is 10.1. The summed E-state index contributed by atoms with van der Waals surface area (Å²) in [6.07, 6.45) is 0.0976. The first-order chi connectivity index (χ1) is 6.00. The number of aliphatic hydroxyl groups excluding tert-OH is 1. The Hall–Kier alpha value is -1.02. The fourth-order valence-corrected chi connectivity index (χ4v) is 1.34. The standard InChI is InChI=1S/C11H16O2/c1-7-4-10(6-9(3)12)11(13)5-8(7)2/h4-5,9,12-13H,6H2,1-3H3. The van der Waals surface area contributed by atoms with Gasteiger partial charge < -0.3 is 10.2 Å². The van der Waals surface area contributed by atoms with Gasteiger partial charge in [-0.3, -0.25) is 0 Å². The minimum absolute atomic E-state index is 0.281. The average Bonchev–Trinajstić information content (AvgIpc) is 1.99. The minimum atomic E-state index is -0.409. The molecule has 2 nitrogen and oxygen atoms in total. The van der Waals surface area contributed by atoms with E-state index in [0.29, 0.717) is 6.42 Å². The highest BCUT2D eigenvalue weighted by Gasteiger charge is 2.06. The van der Waals surface area contributed by atoms with Gasteiger partial charge in [0.1, 0.15) is 5.75 Å². The molecule has 2 heteroatoms. The topological polar surface area (TPSA) is 40.5 Å². The third kappa shape index (κ3) is 2.46. The summed E-state index contributed by atoms with van der Waals surface area (Å²) in [6.45, 7) is 5.68. The summed E-state index contributed by atoms with van der Waals surface area (Å²) in [5.41, 5.74) is 3.04. The molecule has 0 amide bonds. The van der Waals surface area contributed by atoms with Crippen molar-refractivity contribution in [1.29, 1.82) is 0 Å². The molecular formula is C11H16O2. The van der Waals surface area contributed by atoms with Crippen molar-refractivity contribution in [2.75, 3.05) is 0 Å². The van der Waals surface area contributed by atoms with Gasteiger partial charge in [-0.1, -0.05) is 6.07 Å². The maximum absolute atomic E-state index is 9.55. The predicted molar refractivity (Wildman–Crippen MR) is 53.0 cm³/mol. The molecule has 13 heavy (non-hydrogen) atoms. The largest absolute Gasteiger partial charge is 0.508 e. The third-order valence-corrected chi connectivity index (χ3v) is 2.21. The van der Waals surface area contributed by atoms with Crippen molar-refractivity contribution in [3.05, 3.63) is 28.8 Å². The highest BCUT2D eigenvalue weighted by atomic mass is 16.3. The van der Waals surface area contributed by atoms with Gasteiger partial charge in [0.15, 0.2) is 0 Å². The van der Waals surface area contributed by atoms with E-state index in [1.54, 1.807) is 13.0 Å². The molecule has 0 heterocycles. The number of phenolic OH excluding ortho intramolecular Hbond substituents is 1. The Labute approximate surface area is 78.8 Å². The molecule has 0 aliphatic rings. The van der Waals surface area contributed by atoms with Crippen molar-refractivity contribution in [3.8, 4) is 5.75 Å². The van der Waals surface area contributed by atoms with Crippen molar-refractivity contribution in [2.24, 2.45) is 0 Å². The van der Waals surface area contributed by atoms with Gasteiger partial charge in [0.25, 0.3) is 0 Å². The zero-order chi connectivity index (χ0) is 10.0. The number of hydrogen-bond acceptors (Lipinski definition) is 2. The molecule has 1 atom stereocenters. The molecule has 1 aromatic carbocycles. The van der Waals surface area contributed by atoms with Crippen LogP contribution in [-0.2, 0) is 6.42 Å². The molecule has 0 aliphatic carbocycles. The molecule has 0 aliphatic heterocycles. The van der Waals surface area contributed by atoms with Gasteiger partial charge in [-0.05, 0) is 43.5 Å². The molecule has 0 bridgehead atoms. The van der Waals surface area contributed by atoms with Crippen molar-refractivity contribution in [2.45, 2.75) is 33.3 Å². The van der Waals surface area contributed by atoms with Crippen LogP contribution in [-0.4, -0.2) is 16.3 Å². The highest BCUT2D eigenvalue weighted by molar-refractivity contribution is 5.41. The van der Waals surface area contributed by atoms with Gasteiger partial charge in [-0.15, -0.1) is 0 Å². The van der Waals surface area contributed by atoms with Crippen LogP contribution in [0.15, 0.2) is 12.1 Å².